The molecule has 13 heteroatoms. The first-order valence-corrected chi connectivity index (χ1v) is 10.8. The monoisotopic (exact) mass is 495 g/mol. The Morgan fingerprint density at radius 3 is 2.57 bits per heavy atom. The van der Waals surface area contributed by atoms with Crippen LogP contribution in [0, 0.1) is 5.92 Å². The Balaban J connectivity index is 1.29. The molecule has 4 rings (SSSR count). The summed E-state index contributed by atoms with van der Waals surface area (Å²) in [6, 6.07) is 6.19. The quantitative estimate of drug-likeness (QED) is 0.549. The Morgan fingerprint density at radius 1 is 1.20 bits per heavy atom. The van der Waals surface area contributed by atoms with E-state index in [0.717, 1.165) is 0 Å². The van der Waals surface area contributed by atoms with Gasteiger partial charge in [0.05, 0.1) is 24.0 Å². The lowest BCUT2D eigenvalue weighted by molar-refractivity contribution is -0.154. The Morgan fingerprint density at radius 2 is 1.97 bits per heavy atom. The molecule has 0 spiro atoms. The number of hydrogen-bond donors (Lipinski definition) is 1. The van der Waals surface area contributed by atoms with E-state index >= 15 is 0 Å². The van der Waals surface area contributed by atoms with Crippen LogP contribution in [0.4, 0.5) is 24.7 Å². The average molecular weight is 495 g/mol. The summed E-state index contributed by atoms with van der Waals surface area (Å²) in [4.78, 5) is 37.8. The molecule has 2 fully saturated rings. The minimum absolute atomic E-state index is 0.118. The van der Waals surface area contributed by atoms with Crippen molar-refractivity contribution in [2.45, 2.75) is 18.7 Å². The van der Waals surface area contributed by atoms with Crippen molar-refractivity contribution in [1.82, 2.24) is 14.9 Å². The molecule has 0 aliphatic carbocycles. The number of amides is 2. The molecule has 2 amide bonds. The molecule has 188 valence electrons. The van der Waals surface area contributed by atoms with Gasteiger partial charge >= 0.3 is 6.18 Å². The lowest BCUT2D eigenvalue weighted by atomic mass is 9.99. The highest BCUT2D eigenvalue weighted by atomic mass is 19.4. The molecule has 2 aromatic heterocycles. The van der Waals surface area contributed by atoms with E-state index in [4.69, 9.17) is 9.84 Å². The first-order valence-electron chi connectivity index (χ1n) is 10.8. The summed E-state index contributed by atoms with van der Waals surface area (Å²) in [5.41, 5.74) is 0.604. The maximum Gasteiger partial charge on any atom is 0.422 e. The molecular formula is C22H24F3N5O5. The van der Waals surface area contributed by atoms with Crippen LogP contribution in [0.25, 0.3) is 0 Å². The number of alkyl halides is 3. The number of pyridine rings is 2. The highest BCUT2D eigenvalue weighted by Crippen LogP contribution is 2.29. The molecule has 2 saturated heterocycles. The molecule has 0 saturated carbocycles. The number of carbonyl (C=O) groups is 2. The summed E-state index contributed by atoms with van der Waals surface area (Å²) in [6.45, 7) is -0.349. The summed E-state index contributed by atoms with van der Waals surface area (Å²) < 4.78 is 46.9. The van der Waals surface area contributed by atoms with Crippen LogP contribution in [0.5, 0.6) is 11.6 Å². The topological polar surface area (TPSA) is 108 Å². The second kappa shape index (κ2) is 9.94. The van der Waals surface area contributed by atoms with Gasteiger partial charge < -0.3 is 29.3 Å². The number of carbonyl (C=O) groups excluding carboxylic acids is 2. The maximum absolute atomic E-state index is 12.8. The van der Waals surface area contributed by atoms with Crippen LogP contribution in [0.3, 0.4) is 0 Å². The van der Waals surface area contributed by atoms with Gasteiger partial charge in [-0.05, 0) is 18.2 Å². The van der Waals surface area contributed by atoms with Gasteiger partial charge in [-0.3, -0.25) is 9.59 Å². The fraction of sp³-hybridized carbons (Fsp3) is 0.455. The number of anilines is 2. The van der Waals surface area contributed by atoms with Crippen molar-refractivity contribution in [2.75, 3.05) is 49.8 Å². The molecule has 35 heavy (non-hydrogen) atoms. The van der Waals surface area contributed by atoms with Gasteiger partial charge in [0, 0.05) is 39.2 Å². The van der Waals surface area contributed by atoms with Crippen LogP contribution < -0.4 is 19.3 Å². The number of aliphatic hydroxyl groups excluding tert-OH is 1. The third kappa shape index (κ3) is 5.73. The van der Waals surface area contributed by atoms with Gasteiger partial charge in [0.25, 0.3) is 5.91 Å². The summed E-state index contributed by atoms with van der Waals surface area (Å²) in [5.74, 6) is 0.158. The van der Waals surface area contributed by atoms with Crippen molar-refractivity contribution in [3.8, 4) is 11.6 Å². The predicted octanol–water partition coefficient (Wildman–Crippen LogP) is 1.45. The molecule has 1 atom stereocenters. The van der Waals surface area contributed by atoms with Crippen LogP contribution in [-0.4, -0.2) is 84.1 Å². The fourth-order valence-electron chi connectivity index (χ4n) is 3.79. The molecule has 4 heterocycles. The molecule has 2 aliphatic rings. The lowest BCUT2D eigenvalue weighted by Gasteiger charge is -2.40. The van der Waals surface area contributed by atoms with E-state index in [1.165, 1.54) is 23.2 Å². The zero-order valence-electron chi connectivity index (χ0n) is 18.8. The Labute approximate surface area is 198 Å². The molecule has 0 bridgehead atoms. The van der Waals surface area contributed by atoms with E-state index in [-0.39, 0.29) is 36.1 Å². The molecule has 0 radical (unpaired) electrons. The van der Waals surface area contributed by atoms with E-state index in [1.807, 2.05) is 4.90 Å². The average Bonchev–Trinajstić information content (AvgIpc) is 3.17. The highest BCUT2D eigenvalue weighted by Gasteiger charge is 2.37. The van der Waals surface area contributed by atoms with Crippen molar-refractivity contribution < 1.29 is 37.3 Å². The first kappa shape index (κ1) is 24.5. The first-order chi connectivity index (χ1) is 16.6. The molecular weight excluding hydrogens is 471 g/mol. The standard InChI is InChI=1S/C22H24F3N5O5/c1-28(13-31)20(32)14-10-29(11-14)18-4-2-15(8-26-18)30-7-6-17(21(30)33)35-16-3-5-19(27-9-16)34-12-22(23,24)25/h2-5,8-9,14,17,31H,6-7,10-13H2,1H3/t17-/m1/s1. The molecule has 2 aliphatic heterocycles. The second-order valence-electron chi connectivity index (χ2n) is 8.28. The molecule has 2 aromatic rings. The number of aliphatic hydroxyl groups is 1. The van der Waals surface area contributed by atoms with Gasteiger partial charge in [0.15, 0.2) is 12.7 Å². The number of halogens is 3. The van der Waals surface area contributed by atoms with Crippen molar-refractivity contribution in [3.05, 3.63) is 36.7 Å². The smallest absolute Gasteiger partial charge is 0.422 e. The lowest BCUT2D eigenvalue weighted by Crippen LogP contribution is -2.54. The van der Waals surface area contributed by atoms with Crippen molar-refractivity contribution in [2.24, 2.45) is 5.92 Å². The number of rotatable bonds is 8. The number of ether oxygens (including phenoxy) is 2. The third-order valence-corrected chi connectivity index (χ3v) is 5.71. The second-order valence-corrected chi connectivity index (χ2v) is 8.28. The zero-order chi connectivity index (χ0) is 25.2. The molecule has 0 unspecified atom stereocenters. The number of nitrogens with zero attached hydrogens (tertiary/aromatic N) is 5. The molecule has 0 aromatic carbocycles. The van der Waals surface area contributed by atoms with Gasteiger partial charge in [0.2, 0.25) is 11.8 Å². The SMILES string of the molecule is CN(CO)C(=O)C1CN(c2ccc(N3CC[C@@H](Oc4ccc(OCC(F)(F)F)nc4)C3=O)cn2)C1. The zero-order valence-corrected chi connectivity index (χ0v) is 18.8. The normalized spacial score (nSPS) is 18.4. The fourth-order valence-corrected chi connectivity index (χ4v) is 3.79. The van der Waals surface area contributed by atoms with Crippen LogP contribution in [0.2, 0.25) is 0 Å². The van der Waals surface area contributed by atoms with Gasteiger partial charge in [-0.2, -0.15) is 13.2 Å². The molecule has 10 nitrogen and oxygen atoms in total. The van der Waals surface area contributed by atoms with Gasteiger partial charge in [0.1, 0.15) is 18.3 Å². The van der Waals surface area contributed by atoms with Gasteiger partial charge in [-0.1, -0.05) is 0 Å². The minimum atomic E-state index is -4.46. The molecule has 1 N–H and O–H groups in total. The van der Waals surface area contributed by atoms with Crippen LogP contribution in [-0.2, 0) is 9.59 Å². The summed E-state index contributed by atoms with van der Waals surface area (Å²) in [6.07, 6.45) is -2.01. The van der Waals surface area contributed by atoms with Crippen LogP contribution in [0.1, 0.15) is 6.42 Å². The third-order valence-electron chi connectivity index (χ3n) is 5.71. The van der Waals surface area contributed by atoms with E-state index < -0.39 is 18.9 Å². The summed E-state index contributed by atoms with van der Waals surface area (Å²) in [7, 11) is 1.54. The summed E-state index contributed by atoms with van der Waals surface area (Å²) in [5, 5.41) is 9.06. The number of aromatic nitrogens is 2. The van der Waals surface area contributed by atoms with Crippen molar-refractivity contribution in [1.29, 1.82) is 0 Å². The van der Waals surface area contributed by atoms with Crippen molar-refractivity contribution in [3.63, 3.8) is 0 Å². The van der Waals surface area contributed by atoms with E-state index in [2.05, 4.69) is 14.7 Å². The minimum Gasteiger partial charge on any atom is -0.479 e. The van der Waals surface area contributed by atoms with Crippen LogP contribution >= 0.6 is 0 Å². The largest absolute Gasteiger partial charge is 0.479 e. The maximum atomic E-state index is 12.8. The predicted molar refractivity (Wildman–Crippen MR) is 117 cm³/mol. The summed E-state index contributed by atoms with van der Waals surface area (Å²) >= 11 is 0. The highest BCUT2D eigenvalue weighted by molar-refractivity contribution is 5.99. The number of hydrogen-bond acceptors (Lipinski definition) is 8. The van der Waals surface area contributed by atoms with E-state index in [1.54, 1.807) is 30.3 Å². The van der Waals surface area contributed by atoms with Gasteiger partial charge in [-0.15, -0.1) is 0 Å². The van der Waals surface area contributed by atoms with E-state index in [9.17, 15) is 22.8 Å². The van der Waals surface area contributed by atoms with Crippen LogP contribution in [0.15, 0.2) is 36.7 Å². The van der Waals surface area contributed by atoms with E-state index in [0.29, 0.717) is 37.6 Å². The van der Waals surface area contributed by atoms with Crippen molar-refractivity contribution >= 4 is 23.3 Å². The Kier molecular flexibility index (Phi) is 6.96. The van der Waals surface area contributed by atoms with Gasteiger partial charge in [-0.25, -0.2) is 9.97 Å². The Bertz CT molecular complexity index is 1040. The Hall–Kier alpha value is -3.61.